The summed E-state index contributed by atoms with van der Waals surface area (Å²) in [6.45, 7) is 3.70. The molecular weight excluding hydrogens is 360 g/mol. The van der Waals surface area contributed by atoms with Crippen molar-refractivity contribution in [1.82, 2.24) is 0 Å². The topological polar surface area (TPSA) is 71.1 Å². The molecule has 0 saturated carbocycles. The molecule has 144 valence electrons. The Labute approximate surface area is 162 Å². The highest BCUT2D eigenvalue weighted by Gasteiger charge is 2.56. The van der Waals surface area contributed by atoms with E-state index in [0.29, 0.717) is 22.3 Å². The lowest BCUT2D eigenvalue weighted by molar-refractivity contribution is -0.228. The minimum absolute atomic E-state index is 0.140. The van der Waals surface area contributed by atoms with Gasteiger partial charge in [-0.1, -0.05) is 30.3 Å². The second-order valence-corrected chi connectivity index (χ2v) is 7.73. The smallest absolute Gasteiger partial charge is 0.194 e. The Morgan fingerprint density at radius 3 is 2.14 bits per heavy atom. The number of ether oxygens (including phenoxy) is 4. The van der Waals surface area contributed by atoms with E-state index in [1.807, 2.05) is 19.9 Å². The summed E-state index contributed by atoms with van der Waals surface area (Å²) in [5.41, 5.74) is 2.43. The molecule has 28 heavy (non-hydrogen) atoms. The van der Waals surface area contributed by atoms with Gasteiger partial charge in [0.1, 0.15) is 18.3 Å². The zero-order valence-corrected chi connectivity index (χ0v) is 15.8. The minimum Gasteiger partial charge on any atom is -0.353 e. The van der Waals surface area contributed by atoms with E-state index < -0.39 is 18.2 Å². The van der Waals surface area contributed by atoms with E-state index in [4.69, 9.17) is 18.9 Å². The highest BCUT2D eigenvalue weighted by molar-refractivity contribution is 6.28. The van der Waals surface area contributed by atoms with Crippen molar-refractivity contribution in [2.75, 3.05) is 7.11 Å². The Morgan fingerprint density at radius 1 is 0.857 bits per heavy atom. The summed E-state index contributed by atoms with van der Waals surface area (Å²) in [6.07, 6.45) is -1.74. The van der Waals surface area contributed by atoms with Crippen molar-refractivity contribution in [3.05, 3.63) is 70.3 Å². The Morgan fingerprint density at radius 2 is 1.46 bits per heavy atom. The molecule has 6 heteroatoms. The van der Waals surface area contributed by atoms with Crippen LogP contribution >= 0.6 is 0 Å². The second kappa shape index (κ2) is 6.06. The first kappa shape index (κ1) is 17.7. The fourth-order valence-corrected chi connectivity index (χ4v) is 4.31. The standard InChI is InChI=1S/C22H20O6/c1-22(2)27-19-18(26-21(25-3)20(19)28-22)11-8-9-14-15(10-11)17(24)13-7-5-4-6-12(13)16(14)23/h4-10,18-21H,1-3H3/t18-,19-,20-,21-/m1/s1. The lowest BCUT2D eigenvalue weighted by Crippen LogP contribution is -2.30. The number of hydrogen-bond acceptors (Lipinski definition) is 6. The number of methoxy groups -OCH3 is 1. The van der Waals surface area contributed by atoms with Gasteiger partial charge in [-0.3, -0.25) is 9.59 Å². The number of fused-ring (bicyclic) bond motifs is 3. The minimum atomic E-state index is -0.743. The molecule has 0 amide bonds. The molecule has 0 bridgehead atoms. The first-order valence-electron chi connectivity index (χ1n) is 9.26. The maximum atomic E-state index is 13.0. The Kier molecular flexibility index (Phi) is 3.83. The van der Waals surface area contributed by atoms with Gasteiger partial charge in [0.15, 0.2) is 23.6 Å². The van der Waals surface area contributed by atoms with Gasteiger partial charge in [0.05, 0.1) is 0 Å². The van der Waals surface area contributed by atoms with Crippen molar-refractivity contribution >= 4 is 11.6 Å². The number of rotatable bonds is 2. The highest BCUT2D eigenvalue weighted by atomic mass is 16.8. The van der Waals surface area contributed by atoms with E-state index in [0.717, 1.165) is 5.56 Å². The molecule has 5 rings (SSSR count). The van der Waals surface area contributed by atoms with Gasteiger partial charge in [0, 0.05) is 29.4 Å². The second-order valence-electron chi connectivity index (χ2n) is 7.73. The van der Waals surface area contributed by atoms with Gasteiger partial charge in [0.2, 0.25) is 0 Å². The summed E-state index contributed by atoms with van der Waals surface area (Å²) in [6, 6.07) is 12.1. The maximum Gasteiger partial charge on any atom is 0.194 e. The zero-order chi connectivity index (χ0) is 19.6. The Balaban J connectivity index is 1.55. The van der Waals surface area contributed by atoms with Crippen LogP contribution in [0.3, 0.4) is 0 Å². The van der Waals surface area contributed by atoms with E-state index in [1.165, 1.54) is 0 Å². The number of ketones is 2. The van der Waals surface area contributed by atoms with Gasteiger partial charge in [-0.25, -0.2) is 0 Å². The van der Waals surface area contributed by atoms with Crippen LogP contribution < -0.4 is 0 Å². The summed E-state index contributed by atoms with van der Waals surface area (Å²) >= 11 is 0. The fraction of sp³-hybridized carbons (Fsp3) is 0.364. The molecule has 0 spiro atoms. The molecule has 0 radical (unpaired) electrons. The first-order chi connectivity index (χ1) is 13.4. The van der Waals surface area contributed by atoms with Gasteiger partial charge in [-0.05, 0) is 31.5 Å². The van der Waals surface area contributed by atoms with Crippen LogP contribution in [0, 0.1) is 0 Å². The van der Waals surface area contributed by atoms with Crippen molar-refractivity contribution < 1.29 is 28.5 Å². The van der Waals surface area contributed by atoms with Crippen LogP contribution in [0.15, 0.2) is 42.5 Å². The van der Waals surface area contributed by atoms with Crippen molar-refractivity contribution in [1.29, 1.82) is 0 Å². The Hall–Kier alpha value is -2.38. The molecule has 3 aliphatic rings. The van der Waals surface area contributed by atoms with Crippen LogP contribution in [-0.4, -0.2) is 43.0 Å². The molecular formula is C22H20O6. The summed E-state index contributed by atoms with van der Waals surface area (Å²) in [7, 11) is 1.56. The SMILES string of the molecule is CO[C@@H]1O[C@H](c2ccc3c(c2)C(=O)c2ccccc2C3=O)[C@H]2OC(C)(C)O[C@@H]12. The highest BCUT2D eigenvalue weighted by Crippen LogP contribution is 2.45. The molecule has 4 atom stereocenters. The molecule has 0 aromatic heterocycles. The third-order valence-electron chi connectivity index (χ3n) is 5.52. The average Bonchev–Trinajstić information content (AvgIpc) is 3.18. The lowest BCUT2D eigenvalue weighted by atomic mass is 9.82. The van der Waals surface area contributed by atoms with E-state index in [2.05, 4.69) is 0 Å². The van der Waals surface area contributed by atoms with Crippen molar-refractivity contribution in [2.45, 2.75) is 44.2 Å². The molecule has 6 nitrogen and oxygen atoms in total. The monoisotopic (exact) mass is 380 g/mol. The predicted octanol–water partition coefficient (Wildman–Crippen LogP) is 3.03. The summed E-state index contributed by atoms with van der Waals surface area (Å²) in [5.74, 6) is -1.04. The molecule has 2 aromatic rings. The number of carbonyl (C=O) groups excluding carboxylic acids is 2. The molecule has 2 heterocycles. The normalized spacial score (nSPS) is 30.1. The van der Waals surface area contributed by atoms with Crippen LogP contribution in [0.5, 0.6) is 0 Å². The maximum absolute atomic E-state index is 13.0. The predicted molar refractivity (Wildman–Crippen MR) is 98.2 cm³/mol. The van der Waals surface area contributed by atoms with Crippen LogP contribution in [-0.2, 0) is 18.9 Å². The largest absolute Gasteiger partial charge is 0.353 e. The molecule has 2 fully saturated rings. The van der Waals surface area contributed by atoms with Gasteiger partial charge in [-0.2, -0.15) is 0 Å². The van der Waals surface area contributed by atoms with Crippen molar-refractivity contribution in [3.63, 3.8) is 0 Å². The van der Waals surface area contributed by atoms with Crippen molar-refractivity contribution in [2.24, 2.45) is 0 Å². The van der Waals surface area contributed by atoms with E-state index in [1.54, 1.807) is 43.5 Å². The van der Waals surface area contributed by atoms with Crippen molar-refractivity contribution in [3.8, 4) is 0 Å². The van der Waals surface area contributed by atoms with E-state index >= 15 is 0 Å². The van der Waals surface area contributed by atoms with Crippen LogP contribution in [0.2, 0.25) is 0 Å². The number of carbonyl (C=O) groups is 2. The first-order valence-corrected chi connectivity index (χ1v) is 9.26. The van der Waals surface area contributed by atoms with E-state index in [-0.39, 0.29) is 23.8 Å². The molecule has 0 N–H and O–H groups in total. The molecule has 2 aromatic carbocycles. The van der Waals surface area contributed by atoms with E-state index in [9.17, 15) is 9.59 Å². The molecule has 2 aliphatic heterocycles. The van der Waals surface area contributed by atoms with Crippen LogP contribution in [0.25, 0.3) is 0 Å². The summed E-state index contributed by atoms with van der Waals surface area (Å²) < 4.78 is 23.4. The lowest BCUT2D eigenvalue weighted by Gasteiger charge is -2.24. The van der Waals surface area contributed by atoms with Crippen LogP contribution in [0.4, 0.5) is 0 Å². The quantitative estimate of drug-likeness (QED) is 0.681. The number of benzene rings is 2. The molecule has 1 aliphatic carbocycles. The Bertz CT molecular complexity index is 994. The van der Waals surface area contributed by atoms with Gasteiger partial charge < -0.3 is 18.9 Å². The van der Waals surface area contributed by atoms with Gasteiger partial charge >= 0.3 is 0 Å². The fourth-order valence-electron chi connectivity index (χ4n) is 4.31. The van der Waals surface area contributed by atoms with Gasteiger partial charge in [0.25, 0.3) is 0 Å². The average molecular weight is 380 g/mol. The van der Waals surface area contributed by atoms with Crippen LogP contribution in [0.1, 0.15) is 57.4 Å². The molecule has 0 unspecified atom stereocenters. The van der Waals surface area contributed by atoms with Gasteiger partial charge in [-0.15, -0.1) is 0 Å². The summed E-state index contributed by atoms with van der Waals surface area (Å²) in [4.78, 5) is 25.8. The molecule has 2 saturated heterocycles. The third kappa shape index (κ3) is 2.49. The zero-order valence-electron chi connectivity index (χ0n) is 15.8. The summed E-state index contributed by atoms with van der Waals surface area (Å²) in [5, 5.41) is 0. The number of hydrogen-bond donors (Lipinski definition) is 0. The third-order valence-corrected chi connectivity index (χ3v) is 5.52.